The van der Waals surface area contributed by atoms with E-state index in [1.807, 2.05) is 33.8 Å². The molecule has 1 unspecified atom stereocenters. The van der Waals surface area contributed by atoms with Crippen LogP contribution >= 0.6 is 0 Å². The Labute approximate surface area is 69.2 Å². The van der Waals surface area contributed by atoms with Crippen molar-refractivity contribution in [3.8, 4) is 0 Å². The first-order valence-electron chi connectivity index (χ1n) is 3.83. The summed E-state index contributed by atoms with van der Waals surface area (Å²) in [6, 6.07) is 0. The van der Waals surface area contributed by atoms with Crippen LogP contribution < -0.4 is 0 Å². The monoisotopic (exact) mass is 158 g/mol. The summed E-state index contributed by atoms with van der Waals surface area (Å²) < 4.78 is 10.3. The Morgan fingerprint density at radius 3 is 2.18 bits per heavy atom. The van der Waals surface area contributed by atoms with E-state index >= 15 is 0 Å². The summed E-state index contributed by atoms with van der Waals surface area (Å²) in [5.74, 6) is 0. The van der Waals surface area contributed by atoms with Gasteiger partial charge in [0.15, 0.2) is 0 Å². The Balaban J connectivity index is 3.69. The highest BCUT2D eigenvalue weighted by molar-refractivity contribution is 4.82. The summed E-state index contributed by atoms with van der Waals surface area (Å²) in [7, 11) is 1.63. The molecular weight excluding hydrogens is 140 g/mol. The van der Waals surface area contributed by atoms with E-state index in [4.69, 9.17) is 9.47 Å². The molecule has 0 saturated carbocycles. The molecule has 0 aromatic carbocycles. The minimum absolute atomic E-state index is 0.0858. The van der Waals surface area contributed by atoms with Gasteiger partial charge in [0.2, 0.25) is 0 Å². The van der Waals surface area contributed by atoms with E-state index in [-0.39, 0.29) is 11.7 Å². The second-order valence-electron chi connectivity index (χ2n) is 3.50. The van der Waals surface area contributed by atoms with Crippen LogP contribution in [0.15, 0.2) is 12.3 Å². The zero-order valence-corrected chi connectivity index (χ0v) is 8.05. The summed E-state index contributed by atoms with van der Waals surface area (Å²) >= 11 is 0. The molecule has 0 rings (SSSR count). The number of hydrogen-bond donors (Lipinski definition) is 0. The van der Waals surface area contributed by atoms with Crippen molar-refractivity contribution in [2.75, 3.05) is 7.11 Å². The Morgan fingerprint density at radius 1 is 1.27 bits per heavy atom. The molecule has 11 heavy (non-hydrogen) atoms. The van der Waals surface area contributed by atoms with E-state index in [1.165, 1.54) is 0 Å². The van der Waals surface area contributed by atoms with E-state index in [0.29, 0.717) is 0 Å². The molecule has 0 bridgehead atoms. The predicted molar refractivity (Wildman–Crippen MR) is 46.4 cm³/mol. The summed E-state index contributed by atoms with van der Waals surface area (Å²) in [6.07, 6.45) is 3.62. The van der Waals surface area contributed by atoms with Gasteiger partial charge < -0.3 is 9.47 Å². The highest BCUT2D eigenvalue weighted by Gasteiger charge is 2.12. The van der Waals surface area contributed by atoms with Crippen LogP contribution in [0.2, 0.25) is 0 Å². The van der Waals surface area contributed by atoms with Gasteiger partial charge in [-0.15, -0.1) is 0 Å². The van der Waals surface area contributed by atoms with E-state index in [0.717, 1.165) is 0 Å². The van der Waals surface area contributed by atoms with Crippen LogP contribution in [-0.2, 0) is 9.47 Å². The Morgan fingerprint density at radius 2 is 1.82 bits per heavy atom. The van der Waals surface area contributed by atoms with Crippen LogP contribution in [0.1, 0.15) is 27.7 Å². The third-order valence-electron chi connectivity index (χ3n) is 1.03. The average molecular weight is 158 g/mol. The molecule has 0 fully saturated rings. The van der Waals surface area contributed by atoms with Gasteiger partial charge in [0.25, 0.3) is 0 Å². The van der Waals surface area contributed by atoms with Crippen molar-refractivity contribution in [2.24, 2.45) is 0 Å². The lowest BCUT2D eigenvalue weighted by molar-refractivity contribution is -0.0305. The van der Waals surface area contributed by atoms with Gasteiger partial charge in [-0.1, -0.05) is 0 Å². The minimum Gasteiger partial charge on any atom is -0.505 e. The van der Waals surface area contributed by atoms with Crippen LogP contribution in [0.5, 0.6) is 0 Å². The highest BCUT2D eigenvalue weighted by Crippen LogP contribution is 2.10. The molecule has 0 aliphatic rings. The normalized spacial score (nSPS) is 15.4. The van der Waals surface area contributed by atoms with Gasteiger partial charge in [0.05, 0.1) is 25.1 Å². The molecule has 0 N–H and O–H groups in total. The molecule has 0 amide bonds. The third kappa shape index (κ3) is 7.40. The first kappa shape index (κ1) is 10.5. The molecule has 2 heteroatoms. The summed E-state index contributed by atoms with van der Waals surface area (Å²) in [4.78, 5) is 0. The van der Waals surface area contributed by atoms with E-state index in [2.05, 4.69) is 0 Å². The lowest BCUT2D eigenvalue weighted by atomic mass is 10.2. The zero-order valence-electron chi connectivity index (χ0n) is 8.05. The number of rotatable bonds is 3. The van der Waals surface area contributed by atoms with Gasteiger partial charge in [0, 0.05) is 0 Å². The van der Waals surface area contributed by atoms with Crippen molar-refractivity contribution in [1.29, 1.82) is 0 Å². The molecule has 0 heterocycles. The van der Waals surface area contributed by atoms with Gasteiger partial charge in [0.1, 0.15) is 0 Å². The topological polar surface area (TPSA) is 18.5 Å². The maximum atomic E-state index is 5.57. The lowest BCUT2D eigenvalue weighted by Crippen LogP contribution is -2.24. The molecule has 0 spiro atoms. The van der Waals surface area contributed by atoms with Crippen LogP contribution in [0, 0.1) is 0 Å². The van der Waals surface area contributed by atoms with Crippen molar-refractivity contribution in [3.63, 3.8) is 0 Å². The molecule has 0 radical (unpaired) electrons. The number of hydrogen-bond acceptors (Lipinski definition) is 2. The Hall–Kier alpha value is -0.500. The minimum atomic E-state index is -0.0858. The largest absolute Gasteiger partial charge is 0.505 e. The average Bonchev–Trinajstić information content (AvgIpc) is 1.79. The fourth-order valence-corrected chi connectivity index (χ4v) is 0.786. The maximum Gasteiger partial charge on any atom is 0.0810 e. The molecule has 0 aliphatic heterocycles. The molecule has 0 aromatic heterocycles. The van der Waals surface area contributed by atoms with E-state index in [9.17, 15) is 0 Å². The van der Waals surface area contributed by atoms with Gasteiger partial charge in [-0.25, -0.2) is 0 Å². The molecule has 0 saturated heterocycles. The first-order valence-corrected chi connectivity index (χ1v) is 3.83. The molecule has 66 valence electrons. The smallest absolute Gasteiger partial charge is 0.0810 e. The van der Waals surface area contributed by atoms with Crippen LogP contribution in [0.4, 0.5) is 0 Å². The van der Waals surface area contributed by atoms with Gasteiger partial charge >= 0.3 is 0 Å². The third-order valence-corrected chi connectivity index (χ3v) is 1.03. The molecule has 0 aromatic rings. The fraction of sp³-hybridized carbons (Fsp3) is 0.778. The maximum absolute atomic E-state index is 5.57. The van der Waals surface area contributed by atoms with Crippen LogP contribution in [0.3, 0.4) is 0 Å². The van der Waals surface area contributed by atoms with Crippen molar-refractivity contribution in [3.05, 3.63) is 12.3 Å². The number of ether oxygens (including phenoxy) is 2. The van der Waals surface area contributed by atoms with E-state index < -0.39 is 0 Å². The van der Waals surface area contributed by atoms with Crippen molar-refractivity contribution >= 4 is 0 Å². The Bertz CT molecular complexity index is 122. The Kier molecular flexibility index (Phi) is 4.19. The number of methoxy groups -OCH3 is 1. The summed E-state index contributed by atoms with van der Waals surface area (Å²) in [5.41, 5.74) is -0.0858. The lowest BCUT2D eigenvalue weighted by Gasteiger charge is -2.22. The van der Waals surface area contributed by atoms with Gasteiger partial charge in [-0.2, -0.15) is 0 Å². The second-order valence-corrected chi connectivity index (χ2v) is 3.50. The molecule has 2 nitrogen and oxygen atoms in total. The zero-order chi connectivity index (χ0) is 8.91. The van der Waals surface area contributed by atoms with Gasteiger partial charge in [-0.05, 0) is 33.8 Å². The summed E-state index contributed by atoms with van der Waals surface area (Å²) in [5, 5.41) is 0. The molecule has 0 aliphatic carbocycles. The van der Waals surface area contributed by atoms with Crippen molar-refractivity contribution < 1.29 is 9.47 Å². The summed E-state index contributed by atoms with van der Waals surface area (Å²) in [6.45, 7) is 8.08. The molecule has 1 atom stereocenters. The highest BCUT2D eigenvalue weighted by atomic mass is 16.5. The fourth-order valence-electron chi connectivity index (χ4n) is 0.786. The molecular formula is C9H18O2. The first-order chi connectivity index (χ1) is 4.95. The van der Waals surface area contributed by atoms with Crippen molar-refractivity contribution in [1.82, 2.24) is 0 Å². The van der Waals surface area contributed by atoms with E-state index in [1.54, 1.807) is 13.4 Å². The van der Waals surface area contributed by atoms with Gasteiger partial charge in [-0.3, -0.25) is 0 Å². The predicted octanol–water partition coefficient (Wildman–Crippen LogP) is 2.35. The quantitative estimate of drug-likeness (QED) is 0.587. The van der Waals surface area contributed by atoms with Crippen LogP contribution in [0.25, 0.3) is 0 Å². The SMILES string of the molecule is CO/C=C/C(C)OC(C)(C)C. The van der Waals surface area contributed by atoms with Crippen LogP contribution in [-0.4, -0.2) is 18.8 Å². The second kappa shape index (κ2) is 4.39. The standard InChI is InChI=1S/C9H18O2/c1-8(6-7-10-5)11-9(2,3)4/h6-8H,1-5H3/b7-6+. The van der Waals surface area contributed by atoms with Crippen molar-refractivity contribution in [2.45, 2.75) is 39.4 Å².